The van der Waals surface area contributed by atoms with Crippen molar-refractivity contribution in [2.45, 2.75) is 0 Å². The van der Waals surface area contributed by atoms with Crippen LogP contribution in [0.15, 0.2) is 253 Å². The van der Waals surface area contributed by atoms with E-state index >= 15 is 0 Å². The van der Waals surface area contributed by atoms with Gasteiger partial charge in [0.05, 0.1) is 16.8 Å². The van der Waals surface area contributed by atoms with E-state index in [-0.39, 0.29) is 0 Å². The molecule has 0 saturated carbocycles. The smallest absolute Gasteiger partial charge is 0.137 e. The summed E-state index contributed by atoms with van der Waals surface area (Å²) in [6.07, 6.45) is 0. The van der Waals surface area contributed by atoms with Gasteiger partial charge in [-0.2, -0.15) is 0 Å². The summed E-state index contributed by atoms with van der Waals surface area (Å²) in [6.45, 7) is 0. The number of furan rings is 1. The van der Waals surface area contributed by atoms with E-state index < -0.39 is 0 Å². The molecule has 308 valence electrons. The second-order valence-corrected chi connectivity index (χ2v) is 17.1. The van der Waals surface area contributed by atoms with E-state index in [1.54, 1.807) is 0 Å². The molecule has 1 heterocycles. The van der Waals surface area contributed by atoms with Crippen LogP contribution in [-0.2, 0) is 0 Å². The Morgan fingerprint density at radius 3 is 1.61 bits per heavy atom. The van der Waals surface area contributed by atoms with Crippen LogP contribution < -0.4 is 4.90 Å². The number of para-hydroxylation sites is 2. The predicted molar refractivity (Wildman–Crippen MR) is 280 cm³/mol. The van der Waals surface area contributed by atoms with Crippen LogP contribution in [0.25, 0.3) is 110 Å². The highest BCUT2D eigenvalue weighted by molar-refractivity contribution is 6.22. The molecule has 0 aliphatic heterocycles. The Hall–Kier alpha value is -8.72. The molecule has 0 fully saturated rings. The minimum atomic E-state index is 0.856. The van der Waals surface area contributed by atoms with Crippen molar-refractivity contribution in [2.24, 2.45) is 0 Å². The first kappa shape index (κ1) is 37.8. The predicted octanol–water partition coefficient (Wildman–Crippen LogP) is 18.3. The quantitative estimate of drug-likeness (QED) is 0.149. The summed E-state index contributed by atoms with van der Waals surface area (Å²) >= 11 is 0. The van der Waals surface area contributed by atoms with E-state index in [4.69, 9.17) is 4.42 Å². The lowest BCUT2D eigenvalue weighted by Gasteiger charge is -2.29. The number of rotatable bonds is 7. The van der Waals surface area contributed by atoms with Gasteiger partial charge in [0.25, 0.3) is 0 Å². The third-order valence-electron chi connectivity index (χ3n) is 13.5. The Balaban J connectivity index is 1.04. The SMILES string of the molecule is c1ccc(-c2c(-c3ccccc3)c3cc(-c4ccccc4N(c4ccc(-c5cccc6c5ccc5ccccc56)cc4)c4cccc5oc6ccccc6c45)ccc3c3ccccc23)cc1. The van der Waals surface area contributed by atoms with Crippen molar-refractivity contribution in [3.8, 4) is 44.5 Å². The standard InChI is InChI=1S/C64H41NO/c1-3-18-44(19-4-1)62-55-25-10-9-24-52(55)54-40-36-46(41-57(54)63(62)45-20-5-2-6-21-45)50-23-11-13-29-58(50)65(59-30-16-32-61-64(59)56-26-12-14-31-60(56)66-61)47-37-33-43(34-38-47)49-27-15-28-51-48-22-8-7-17-42(48)35-39-53(49)51/h1-41H. The first-order valence-corrected chi connectivity index (χ1v) is 22.7. The molecular formula is C64H41NO. The fourth-order valence-corrected chi connectivity index (χ4v) is 10.5. The molecule has 0 aliphatic carbocycles. The van der Waals surface area contributed by atoms with Crippen molar-refractivity contribution in [1.29, 1.82) is 0 Å². The molecule has 0 saturated heterocycles. The zero-order valence-corrected chi connectivity index (χ0v) is 36.0. The lowest BCUT2D eigenvalue weighted by molar-refractivity contribution is 0.669. The molecule has 0 aliphatic rings. The highest BCUT2D eigenvalue weighted by Gasteiger charge is 2.24. The molecule has 0 unspecified atom stereocenters. The maximum Gasteiger partial charge on any atom is 0.137 e. The molecule has 13 aromatic rings. The van der Waals surface area contributed by atoms with Crippen LogP contribution >= 0.6 is 0 Å². The van der Waals surface area contributed by atoms with Gasteiger partial charge >= 0.3 is 0 Å². The molecule has 0 spiro atoms. The Morgan fingerprint density at radius 2 is 0.803 bits per heavy atom. The van der Waals surface area contributed by atoms with Crippen molar-refractivity contribution in [3.63, 3.8) is 0 Å². The summed E-state index contributed by atoms with van der Waals surface area (Å²) in [4.78, 5) is 2.43. The Kier molecular flexibility index (Phi) is 8.89. The van der Waals surface area contributed by atoms with Gasteiger partial charge in [-0.05, 0) is 124 Å². The molecule has 0 bridgehead atoms. The Morgan fingerprint density at radius 1 is 0.273 bits per heavy atom. The van der Waals surface area contributed by atoms with E-state index in [0.717, 1.165) is 50.1 Å². The lowest BCUT2D eigenvalue weighted by Crippen LogP contribution is -2.11. The molecule has 1 aromatic heterocycles. The zero-order valence-electron chi connectivity index (χ0n) is 36.0. The van der Waals surface area contributed by atoms with Gasteiger partial charge in [-0.1, -0.05) is 206 Å². The fraction of sp³-hybridized carbons (Fsp3) is 0. The maximum absolute atomic E-state index is 6.54. The van der Waals surface area contributed by atoms with Crippen molar-refractivity contribution in [3.05, 3.63) is 249 Å². The summed E-state index contributed by atoms with van der Waals surface area (Å²) in [6, 6.07) is 90.3. The highest BCUT2D eigenvalue weighted by Crippen LogP contribution is 2.49. The van der Waals surface area contributed by atoms with Gasteiger partial charge in [0.15, 0.2) is 0 Å². The van der Waals surface area contributed by atoms with Crippen LogP contribution in [0.3, 0.4) is 0 Å². The minimum Gasteiger partial charge on any atom is -0.456 e. The van der Waals surface area contributed by atoms with E-state index in [9.17, 15) is 0 Å². The second-order valence-electron chi connectivity index (χ2n) is 17.1. The molecule has 12 aromatic carbocycles. The number of hydrogen-bond acceptors (Lipinski definition) is 2. The molecular weight excluding hydrogens is 799 g/mol. The maximum atomic E-state index is 6.54. The average molecular weight is 840 g/mol. The number of hydrogen-bond donors (Lipinski definition) is 0. The monoisotopic (exact) mass is 839 g/mol. The Labute approximate surface area is 382 Å². The molecule has 0 atom stereocenters. The first-order valence-electron chi connectivity index (χ1n) is 22.7. The molecule has 2 heteroatoms. The van der Waals surface area contributed by atoms with Crippen LogP contribution in [0, 0.1) is 0 Å². The number of fused-ring (bicyclic) bond motifs is 9. The van der Waals surface area contributed by atoms with Crippen molar-refractivity contribution >= 4 is 82.1 Å². The average Bonchev–Trinajstić information content (AvgIpc) is 3.78. The summed E-state index contributed by atoms with van der Waals surface area (Å²) in [5.41, 5.74) is 14.4. The molecule has 66 heavy (non-hydrogen) atoms. The van der Waals surface area contributed by atoms with Crippen LogP contribution in [0.4, 0.5) is 17.1 Å². The number of anilines is 3. The molecule has 0 amide bonds. The minimum absolute atomic E-state index is 0.856. The summed E-state index contributed by atoms with van der Waals surface area (Å²) in [5.74, 6) is 0. The molecule has 2 nitrogen and oxygen atoms in total. The summed E-state index contributed by atoms with van der Waals surface area (Å²) in [7, 11) is 0. The van der Waals surface area contributed by atoms with E-state index in [1.165, 1.54) is 76.5 Å². The molecule has 13 rings (SSSR count). The Bertz CT molecular complexity index is 3980. The van der Waals surface area contributed by atoms with E-state index in [0.29, 0.717) is 0 Å². The van der Waals surface area contributed by atoms with Gasteiger partial charge in [0.1, 0.15) is 11.2 Å². The summed E-state index contributed by atoms with van der Waals surface area (Å²) in [5, 5.41) is 12.1. The third kappa shape index (κ3) is 6.11. The second kappa shape index (κ2) is 15.5. The molecule has 0 radical (unpaired) electrons. The third-order valence-corrected chi connectivity index (χ3v) is 13.5. The van der Waals surface area contributed by atoms with Crippen molar-refractivity contribution < 1.29 is 4.42 Å². The normalized spacial score (nSPS) is 11.6. The topological polar surface area (TPSA) is 16.4 Å². The van der Waals surface area contributed by atoms with Crippen molar-refractivity contribution in [2.75, 3.05) is 4.90 Å². The number of benzene rings is 12. The largest absolute Gasteiger partial charge is 0.456 e. The van der Waals surface area contributed by atoms with Crippen LogP contribution in [0.2, 0.25) is 0 Å². The van der Waals surface area contributed by atoms with Gasteiger partial charge in [-0.25, -0.2) is 0 Å². The van der Waals surface area contributed by atoms with Crippen LogP contribution in [0.5, 0.6) is 0 Å². The fourth-order valence-electron chi connectivity index (χ4n) is 10.5. The van der Waals surface area contributed by atoms with Crippen LogP contribution in [0.1, 0.15) is 0 Å². The molecule has 0 N–H and O–H groups in total. The number of nitrogens with zero attached hydrogens (tertiary/aromatic N) is 1. The highest BCUT2D eigenvalue weighted by atomic mass is 16.3. The van der Waals surface area contributed by atoms with Crippen LogP contribution in [-0.4, -0.2) is 0 Å². The summed E-state index contributed by atoms with van der Waals surface area (Å²) < 4.78 is 6.54. The van der Waals surface area contributed by atoms with Gasteiger partial charge in [0, 0.05) is 16.6 Å². The van der Waals surface area contributed by atoms with Gasteiger partial charge in [-0.3, -0.25) is 0 Å². The zero-order chi connectivity index (χ0) is 43.6. The van der Waals surface area contributed by atoms with E-state index in [1.807, 2.05) is 6.07 Å². The van der Waals surface area contributed by atoms with E-state index in [2.05, 4.69) is 248 Å². The van der Waals surface area contributed by atoms with Crippen molar-refractivity contribution in [1.82, 2.24) is 0 Å². The van der Waals surface area contributed by atoms with Gasteiger partial charge in [-0.15, -0.1) is 0 Å². The van der Waals surface area contributed by atoms with Gasteiger partial charge in [0.2, 0.25) is 0 Å². The first-order chi connectivity index (χ1) is 32.8. The van der Waals surface area contributed by atoms with Gasteiger partial charge < -0.3 is 9.32 Å². The lowest BCUT2D eigenvalue weighted by atomic mass is 9.84.